The average molecular weight is 652 g/mol. The number of aliphatic hydroxyl groups excluding tert-OH is 2. The predicted octanol–water partition coefficient (Wildman–Crippen LogP) is 6.41. The molecule has 0 amide bonds. The van der Waals surface area contributed by atoms with Crippen LogP contribution in [0.1, 0.15) is 68.7 Å². The van der Waals surface area contributed by atoms with Gasteiger partial charge in [-0.1, -0.05) is 68.2 Å². The minimum absolute atomic E-state index is 0.0968. The van der Waals surface area contributed by atoms with Crippen LogP contribution >= 0.6 is 0 Å². The molecule has 0 spiro atoms. The third kappa shape index (κ3) is 10.4. The smallest absolute Gasteiger partial charge is 0.161 e. The molecule has 1 aliphatic carbocycles. The molecule has 2 heterocycles. The van der Waals surface area contributed by atoms with E-state index < -0.39 is 12.2 Å². The van der Waals surface area contributed by atoms with Crippen molar-refractivity contribution in [1.82, 2.24) is 10.3 Å². The van der Waals surface area contributed by atoms with Gasteiger partial charge in [-0.15, -0.1) is 5.92 Å². The number of rotatable bonds is 14. The van der Waals surface area contributed by atoms with Crippen LogP contribution in [0.4, 0.5) is 0 Å². The molecule has 0 radical (unpaired) electrons. The summed E-state index contributed by atoms with van der Waals surface area (Å²) in [7, 11) is 0. The second-order valence-electron chi connectivity index (χ2n) is 13.6. The summed E-state index contributed by atoms with van der Waals surface area (Å²) in [5.74, 6) is 8.78. The summed E-state index contributed by atoms with van der Waals surface area (Å²) in [5, 5.41) is 36.1. The van der Waals surface area contributed by atoms with Crippen molar-refractivity contribution < 1.29 is 20.1 Å². The Morgan fingerprint density at radius 1 is 1.00 bits per heavy atom. The zero-order valence-electron chi connectivity index (χ0n) is 28.3. The van der Waals surface area contributed by atoms with E-state index >= 15 is 0 Å². The monoisotopic (exact) mass is 651 g/mol. The third-order valence-corrected chi connectivity index (χ3v) is 10.0. The van der Waals surface area contributed by atoms with Crippen LogP contribution in [0.5, 0.6) is 11.5 Å². The molecule has 3 aromatic rings. The Morgan fingerprint density at radius 3 is 2.62 bits per heavy atom. The van der Waals surface area contributed by atoms with E-state index in [1.807, 2.05) is 30.5 Å². The highest BCUT2D eigenvalue weighted by molar-refractivity contribution is 5.42. The SMILES string of the molecule is C[C@H](Cc1ccccc1)[C@@H]1C#CC[C@H]([C@H](O)CCc2ccc(O)c(OCC[C@H](Cc3ccc[nH]3)C3=CCNC(N)=C3)c2)[C@@H](O)CCCC1. The van der Waals surface area contributed by atoms with Gasteiger partial charge in [0.15, 0.2) is 11.5 Å². The summed E-state index contributed by atoms with van der Waals surface area (Å²) in [5.41, 5.74) is 10.7. The van der Waals surface area contributed by atoms with Gasteiger partial charge in [0.25, 0.3) is 0 Å². The molecule has 5 rings (SSSR count). The van der Waals surface area contributed by atoms with E-state index in [0.29, 0.717) is 62.2 Å². The van der Waals surface area contributed by atoms with Crippen LogP contribution in [-0.2, 0) is 19.3 Å². The minimum Gasteiger partial charge on any atom is -0.504 e. The number of aromatic hydroxyl groups is 1. The second-order valence-corrected chi connectivity index (χ2v) is 13.6. The number of phenols is 1. The molecule has 1 aliphatic heterocycles. The first-order valence-electron chi connectivity index (χ1n) is 17.7. The van der Waals surface area contributed by atoms with Crippen molar-refractivity contribution in [2.75, 3.05) is 13.2 Å². The topological polar surface area (TPSA) is 124 Å². The van der Waals surface area contributed by atoms with Crippen LogP contribution in [0.2, 0.25) is 0 Å². The molecule has 6 atom stereocenters. The van der Waals surface area contributed by atoms with Crippen LogP contribution in [-0.4, -0.2) is 45.7 Å². The number of allylic oxidation sites excluding steroid dienone is 2. The van der Waals surface area contributed by atoms with E-state index in [1.54, 1.807) is 6.07 Å². The number of benzene rings is 2. The van der Waals surface area contributed by atoms with Crippen LogP contribution in [0.25, 0.3) is 0 Å². The van der Waals surface area contributed by atoms with Gasteiger partial charge in [-0.3, -0.25) is 0 Å². The van der Waals surface area contributed by atoms with Crippen molar-refractivity contribution in [1.29, 1.82) is 0 Å². The number of hydrogen-bond acceptors (Lipinski definition) is 6. The van der Waals surface area contributed by atoms with Crippen molar-refractivity contribution in [3.05, 3.63) is 107 Å². The quantitative estimate of drug-likeness (QED) is 0.112. The van der Waals surface area contributed by atoms with Crippen molar-refractivity contribution in [2.24, 2.45) is 29.4 Å². The van der Waals surface area contributed by atoms with Crippen LogP contribution < -0.4 is 15.8 Å². The van der Waals surface area contributed by atoms with E-state index in [4.69, 9.17) is 10.5 Å². The lowest BCUT2D eigenvalue weighted by Crippen LogP contribution is -2.32. The number of aliphatic hydroxyl groups is 2. The third-order valence-electron chi connectivity index (χ3n) is 10.0. The van der Waals surface area contributed by atoms with Gasteiger partial charge in [0, 0.05) is 36.7 Å². The number of hydrogen-bond donors (Lipinski definition) is 6. The summed E-state index contributed by atoms with van der Waals surface area (Å²) in [6, 6.07) is 20.1. The first-order chi connectivity index (χ1) is 23.4. The highest BCUT2D eigenvalue weighted by atomic mass is 16.5. The van der Waals surface area contributed by atoms with Crippen molar-refractivity contribution in [2.45, 2.75) is 83.3 Å². The lowest BCUT2D eigenvalue weighted by molar-refractivity contribution is 0.00552. The molecule has 0 bridgehead atoms. The van der Waals surface area contributed by atoms with Crippen molar-refractivity contribution in [3.8, 4) is 23.3 Å². The Kier molecular flexibility index (Phi) is 13.1. The molecule has 1 aromatic heterocycles. The molecule has 48 heavy (non-hydrogen) atoms. The highest BCUT2D eigenvalue weighted by Crippen LogP contribution is 2.31. The van der Waals surface area contributed by atoms with Crippen LogP contribution in [0.3, 0.4) is 0 Å². The Labute approximate surface area is 286 Å². The standard InChI is InChI=1S/C41H53N3O4/c1-29(25-30-9-3-2-4-10-30)32-11-5-6-15-37(45)36(14-7-12-32)38(46)18-16-31-17-19-39(47)40(26-31)48-24-21-34(27-35-13-8-22-43-35)33-20-23-44-41(42)28-33/h2-4,8-10,13,17,19-20,22,26,28-29,32,34,36-38,43-47H,5-6,11,14-16,18,21,23-25,27,42H2,1H3/t29-,32+,34-,36+,37+,38-/m1/s1. The molecule has 7 heteroatoms. The van der Waals surface area contributed by atoms with Gasteiger partial charge in [-0.2, -0.15) is 0 Å². The van der Waals surface area contributed by atoms with Gasteiger partial charge in [0.2, 0.25) is 0 Å². The molecule has 7 nitrogen and oxygen atoms in total. The number of aryl methyl sites for hydroxylation is 1. The molecule has 0 saturated heterocycles. The van der Waals surface area contributed by atoms with E-state index in [-0.39, 0.29) is 17.6 Å². The number of H-pyrrole nitrogens is 1. The zero-order chi connectivity index (χ0) is 33.7. The summed E-state index contributed by atoms with van der Waals surface area (Å²) in [6.45, 7) is 3.42. The maximum atomic E-state index is 11.3. The summed E-state index contributed by atoms with van der Waals surface area (Å²) < 4.78 is 6.13. The largest absolute Gasteiger partial charge is 0.504 e. The van der Waals surface area contributed by atoms with Gasteiger partial charge < -0.3 is 36.1 Å². The van der Waals surface area contributed by atoms with Crippen molar-refractivity contribution in [3.63, 3.8) is 0 Å². The Bertz CT molecular complexity index is 1540. The van der Waals surface area contributed by atoms with Gasteiger partial charge in [0.1, 0.15) is 0 Å². The number of dihydropyridines is 1. The maximum absolute atomic E-state index is 11.3. The predicted molar refractivity (Wildman–Crippen MR) is 192 cm³/mol. The summed E-state index contributed by atoms with van der Waals surface area (Å²) in [6.07, 6.45) is 12.7. The maximum Gasteiger partial charge on any atom is 0.161 e. The van der Waals surface area contributed by atoms with E-state index in [9.17, 15) is 15.3 Å². The molecule has 256 valence electrons. The Balaban J connectivity index is 1.16. The Hall–Kier alpha value is -4.12. The van der Waals surface area contributed by atoms with Gasteiger partial charge in [0.05, 0.1) is 24.6 Å². The lowest BCUT2D eigenvalue weighted by Gasteiger charge is -2.28. The number of phenolic OH excluding ortho intramolecular Hbond substituents is 1. The molecule has 2 aromatic carbocycles. The molecular weight excluding hydrogens is 598 g/mol. The summed E-state index contributed by atoms with van der Waals surface area (Å²) in [4.78, 5) is 3.30. The number of nitrogens with one attached hydrogen (secondary N) is 2. The number of aromatic amines is 1. The van der Waals surface area contributed by atoms with Gasteiger partial charge >= 0.3 is 0 Å². The average Bonchev–Trinajstić information content (AvgIpc) is 3.61. The highest BCUT2D eigenvalue weighted by Gasteiger charge is 2.27. The molecule has 7 N–H and O–H groups in total. The van der Waals surface area contributed by atoms with E-state index in [1.165, 1.54) is 11.1 Å². The molecule has 0 saturated carbocycles. The number of aromatic nitrogens is 1. The van der Waals surface area contributed by atoms with Crippen LogP contribution in [0, 0.1) is 35.5 Å². The molecular formula is C41H53N3O4. The first kappa shape index (κ1) is 35.2. The fourth-order valence-electron chi connectivity index (χ4n) is 7.07. The van der Waals surface area contributed by atoms with Gasteiger partial charge in [-0.25, -0.2) is 0 Å². The lowest BCUT2D eigenvalue weighted by atomic mass is 9.82. The van der Waals surface area contributed by atoms with Crippen molar-refractivity contribution >= 4 is 0 Å². The molecule has 2 aliphatic rings. The molecule has 0 fully saturated rings. The van der Waals surface area contributed by atoms with E-state index in [0.717, 1.165) is 49.8 Å². The van der Waals surface area contributed by atoms with Gasteiger partial charge in [-0.05, 0) is 104 Å². The van der Waals surface area contributed by atoms with Crippen LogP contribution in [0.15, 0.2) is 90.4 Å². The zero-order valence-corrected chi connectivity index (χ0v) is 28.3. The fraction of sp³-hybridized carbons (Fsp3) is 0.463. The normalized spacial score (nSPS) is 21.8. The first-order valence-corrected chi connectivity index (χ1v) is 17.7. The van der Waals surface area contributed by atoms with E-state index in [2.05, 4.69) is 71.5 Å². The minimum atomic E-state index is -0.681. The second kappa shape index (κ2) is 17.9. The number of nitrogens with two attached hydrogens (primary N) is 1. The summed E-state index contributed by atoms with van der Waals surface area (Å²) >= 11 is 0. The Morgan fingerprint density at radius 2 is 1.83 bits per heavy atom. The number of ether oxygens (including phenoxy) is 1. The molecule has 0 unspecified atom stereocenters. The fourth-order valence-corrected chi connectivity index (χ4v) is 7.07.